The van der Waals surface area contributed by atoms with Crippen LogP contribution in [0.2, 0.25) is 0 Å². The van der Waals surface area contributed by atoms with Crippen molar-refractivity contribution < 1.29 is 19.7 Å². The third-order valence-electron chi connectivity index (χ3n) is 9.20. The van der Waals surface area contributed by atoms with Gasteiger partial charge in [0.15, 0.2) is 0 Å². The van der Waals surface area contributed by atoms with Crippen LogP contribution in [0.15, 0.2) is 36.4 Å². The number of fused-ring (bicyclic) bond motifs is 1. The molecule has 0 amide bonds. The molecule has 2 saturated carbocycles. The first-order valence-corrected chi connectivity index (χ1v) is 12.0. The van der Waals surface area contributed by atoms with Gasteiger partial charge in [0.1, 0.15) is 6.10 Å². The Hall–Kier alpha value is -1.65. The van der Waals surface area contributed by atoms with Crippen molar-refractivity contribution in [3.63, 3.8) is 0 Å². The minimum Gasteiger partial charge on any atom is -0.463 e. The largest absolute Gasteiger partial charge is 0.463 e. The molecule has 7 atom stereocenters. The number of carbonyl (C=O) groups excluding carboxylic acids is 1. The van der Waals surface area contributed by atoms with Crippen LogP contribution in [-0.2, 0) is 9.53 Å². The minimum atomic E-state index is -0.238. The number of aliphatic hydroxyl groups is 2. The molecule has 31 heavy (non-hydrogen) atoms. The third-order valence-corrected chi connectivity index (χ3v) is 9.20. The minimum absolute atomic E-state index is 0.0460. The molecule has 4 rings (SSSR count). The monoisotopic (exact) mass is 426 g/mol. The Morgan fingerprint density at radius 2 is 1.81 bits per heavy atom. The summed E-state index contributed by atoms with van der Waals surface area (Å²) in [7, 11) is 0. The van der Waals surface area contributed by atoms with Gasteiger partial charge in [-0.1, -0.05) is 50.3 Å². The van der Waals surface area contributed by atoms with Gasteiger partial charge in [-0.15, -0.1) is 0 Å². The first-order valence-electron chi connectivity index (χ1n) is 12.0. The van der Waals surface area contributed by atoms with Gasteiger partial charge >= 0.3 is 5.97 Å². The van der Waals surface area contributed by atoms with Crippen LogP contribution in [0.25, 0.3) is 5.57 Å². The SMILES string of the molecule is CC(=O)O[C@H]1CC[C@](C)([C@H]2CC[C@]3(C)C(c4ccccc4)=CC[C@H]3[C@@H]2CO)[C@@H](CO)C1. The lowest BCUT2D eigenvalue weighted by Crippen LogP contribution is -2.52. The summed E-state index contributed by atoms with van der Waals surface area (Å²) in [6.07, 6.45) is 8.00. The quantitative estimate of drug-likeness (QED) is 0.661. The summed E-state index contributed by atoms with van der Waals surface area (Å²) in [5.74, 6) is 0.873. The lowest BCUT2D eigenvalue weighted by molar-refractivity contribution is -0.156. The van der Waals surface area contributed by atoms with E-state index in [0.29, 0.717) is 11.8 Å². The molecular formula is C27H38O4. The first kappa shape index (κ1) is 22.5. The fraction of sp³-hybridized carbons (Fsp3) is 0.667. The zero-order valence-electron chi connectivity index (χ0n) is 19.2. The lowest BCUT2D eigenvalue weighted by atomic mass is 9.49. The van der Waals surface area contributed by atoms with E-state index in [9.17, 15) is 15.0 Å². The van der Waals surface area contributed by atoms with Crippen molar-refractivity contribution in [3.8, 4) is 0 Å². The van der Waals surface area contributed by atoms with E-state index in [1.54, 1.807) is 0 Å². The number of allylic oxidation sites excluding steroid dienone is 2. The molecule has 0 aliphatic heterocycles. The lowest BCUT2D eigenvalue weighted by Gasteiger charge is -2.56. The molecule has 2 fully saturated rings. The Morgan fingerprint density at radius 3 is 2.45 bits per heavy atom. The average molecular weight is 427 g/mol. The fourth-order valence-electron chi connectivity index (χ4n) is 7.49. The van der Waals surface area contributed by atoms with Crippen LogP contribution in [0.1, 0.15) is 64.9 Å². The molecule has 0 saturated heterocycles. The van der Waals surface area contributed by atoms with Crippen LogP contribution in [0, 0.1) is 34.5 Å². The zero-order valence-corrected chi connectivity index (χ0v) is 19.2. The maximum absolute atomic E-state index is 11.5. The molecular weight excluding hydrogens is 388 g/mol. The normalized spacial score (nSPS) is 40.2. The Bertz CT molecular complexity index is 818. The molecule has 170 valence electrons. The zero-order chi connectivity index (χ0) is 22.2. The highest BCUT2D eigenvalue weighted by Crippen LogP contribution is 2.63. The van der Waals surface area contributed by atoms with Crippen molar-refractivity contribution in [3.05, 3.63) is 42.0 Å². The van der Waals surface area contributed by atoms with Gasteiger partial charge in [-0.2, -0.15) is 0 Å². The van der Waals surface area contributed by atoms with E-state index in [1.807, 2.05) is 0 Å². The van der Waals surface area contributed by atoms with E-state index >= 15 is 0 Å². The molecule has 0 unspecified atom stereocenters. The fourth-order valence-corrected chi connectivity index (χ4v) is 7.49. The van der Waals surface area contributed by atoms with Gasteiger partial charge in [0.2, 0.25) is 0 Å². The number of carbonyl (C=O) groups is 1. The highest BCUT2D eigenvalue weighted by Gasteiger charge is 2.56. The summed E-state index contributed by atoms with van der Waals surface area (Å²) in [5, 5.41) is 20.9. The topological polar surface area (TPSA) is 66.8 Å². The van der Waals surface area contributed by atoms with Crippen molar-refractivity contribution in [2.45, 2.75) is 65.4 Å². The highest BCUT2D eigenvalue weighted by molar-refractivity contribution is 5.72. The van der Waals surface area contributed by atoms with Gasteiger partial charge in [0.25, 0.3) is 0 Å². The van der Waals surface area contributed by atoms with Crippen molar-refractivity contribution in [1.29, 1.82) is 0 Å². The molecule has 1 aromatic carbocycles. The predicted molar refractivity (Wildman–Crippen MR) is 122 cm³/mol. The van der Waals surface area contributed by atoms with E-state index in [4.69, 9.17) is 4.74 Å². The summed E-state index contributed by atoms with van der Waals surface area (Å²) in [4.78, 5) is 11.5. The molecule has 0 aromatic heterocycles. The Morgan fingerprint density at radius 1 is 1.06 bits per heavy atom. The average Bonchev–Trinajstić information content (AvgIpc) is 3.11. The van der Waals surface area contributed by atoms with Gasteiger partial charge in [0, 0.05) is 20.1 Å². The molecule has 0 bridgehead atoms. The molecule has 3 aliphatic carbocycles. The van der Waals surface area contributed by atoms with Gasteiger partial charge < -0.3 is 14.9 Å². The van der Waals surface area contributed by atoms with Crippen LogP contribution >= 0.6 is 0 Å². The maximum Gasteiger partial charge on any atom is 0.302 e. The summed E-state index contributed by atoms with van der Waals surface area (Å²) >= 11 is 0. The second kappa shape index (κ2) is 8.71. The number of hydrogen-bond donors (Lipinski definition) is 2. The second-order valence-electron chi connectivity index (χ2n) is 10.6. The maximum atomic E-state index is 11.5. The van der Waals surface area contributed by atoms with Crippen molar-refractivity contribution in [2.24, 2.45) is 34.5 Å². The Balaban J connectivity index is 1.57. The summed E-state index contributed by atoms with van der Waals surface area (Å²) < 4.78 is 5.50. The number of aliphatic hydroxyl groups excluding tert-OH is 2. The standard InChI is InChI=1S/C27H38O4/c1-18(30)31-21-11-13-26(2,20(15-21)16-28)25-12-14-27(3)23(19-7-5-4-6-8-19)9-10-24(27)22(25)17-29/h4-9,20-22,24-25,28-29H,10-17H2,1-3H3/t20-,21+,22+,24+,25+,26+,27-/m1/s1. The number of rotatable bonds is 5. The molecule has 2 N–H and O–H groups in total. The van der Waals surface area contributed by atoms with E-state index in [-0.39, 0.29) is 48.0 Å². The summed E-state index contributed by atoms with van der Waals surface area (Å²) in [6, 6.07) is 10.7. The highest BCUT2D eigenvalue weighted by atomic mass is 16.5. The van der Waals surface area contributed by atoms with Gasteiger partial charge in [-0.25, -0.2) is 0 Å². The smallest absolute Gasteiger partial charge is 0.302 e. The first-order chi connectivity index (χ1) is 14.8. The van der Waals surface area contributed by atoms with Crippen molar-refractivity contribution in [1.82, 2.24) is 0 Å². The Labute approximate surface area is 186 Å². The van der Waals surface area contributed by atoms with E-state index in [2.05, 4.69) is 50.3 Å². The van der Waals surface area contributed by atoms with Gasteiger partial charge in [0.05, 0.1) is 0 Å². The van der Waals surface area contributed by atoms with Gasteiger partial charge in [-0.3, -0.25) is 4.79 Å². The number of esters is 1. The Kier molecular flexibility index (Phi) is 6.33. The van der Waals surface area contributed by atoms with Crippen LogP contribution in [0.4, 0.5) is 0 Å². The van der Waals surface area contributed by atoms with Crippen molar-refractivity contribution >= 4 is 11.5 Å². The summed E-state index contributed by atoms with van der Waals surface area (Å²) in [6.45, 7) is 6.48. The van der Waals surface area contributed by atoms with Crippen LogP contribution in [0.5, 0.6) is 0 Å². The van der Waals surface area contributed by atoms with E-state index in [1.165, 1.54) is 18.1 Å². The molecule has 0 heterocycles. The second-order valence-corrected chi connectivity index (χ2v) is 10.6. The summed E-state index contributed by atoms with van der Waals surface area (Å²) in [5.41, 5.74) is 2.79. The number of ether oxygens (including phenoxy) is 1. The van der Waals surface area contributed by atoms with Crippen molar-refractivity contribution in [2.75, 3.05) is 13.2 Å². The molecule has 0 radical (unpaired) electrons. The van der Waals surface area contributed by atoms with Crippen LogP contribution < -0.4 is 0 Å². The van der Waals surface area contributed by atoms with Crippen LogP contribution in [-0.4, -0.2) is 35.5 Å². The number of hydrogen-bond acceptors (Lipinski definition) is 4. The number of benzene rings is 1. The molecule has 4 nitrogen and oxygen atoms in total. The van der Waals surface area contributed by atoms with Crippen LogP contribution in [0.3, 0.4) is 0 Å². The van der Waals surface area contributed by atoms with Gasteiger partial charge in [-0.05, 0) is 84.2 Å². The third kappa shape index (κ3) is 3.87. The molecule has 3 aliphatic rings. The predicted octanol–water partition coefficient (Wildman–Crippen LogP) is 4.85. The molecule has 1 aromatic rings. The van der Waals surface area contributed by atoms with E-state index < -0.39 is 0 Å². The van der Waals surface area contributed by atoms with E-state index in [0.717, 1.165) is 38.5 Å². The molecule has 4 heteroatoms. The molecule has 0 spiro atoms.